The van der Waals surface area contributed by atoms with Gasteiger partial charge in [-0.05, 0) is 60.3 Å². The second-order valence-electron chi connectivity index (χ2n) is 6.64. The normalized spacial score (nSPS) is 14.9. The Morgan fingerprint density at radius 3 is 2.47 bits per heavy atom. The fourth-order valence-corrected chi connectivity index (χ4v) is 3.91. The highest BCUT2D eigenvalue weighted by Gasteiger charge is 2.35. The summed E-state index contributed by atoms with van der Waals surface area (Å²) in [5, 5.41) is 11.0. The van der Waals surface area contributed by atoms with E-state index in [4.69, 9.17) is 20.8 Å². The maximum absolute atomic E-state index is 12.6. The average molecular weight is 471 g/mol. The van der Waals surface area contributed by atoms with Gasteiger partial charge in [0.15, 0.2) is 0 Å². The van der Waals surface area contributed by atoms with Gasteiger partial charge in [-0.2, -0.15) is 0 Å². The number of nitro benzene ring substituents is 1. The molecule has 10 heteroatoms. The molecule has 0 aliphatic carbocycles. The van der Waals surface area contributed by atoms with Crippen molar-refractivity contribution in [3.05, 3.63) is 86.5 Å². The Balaban J connectivity index is 1.40. The topological polar surface area (TPSA) is 103 Å². The van der Waals surface area contributed by atoms with Gasteiger partial charge in [0.2, 0.25) is 0 Å². The predicted octanol–water partition coefficient (Wildman–Crippen LogP) is 5.62. The second kappa shape index (κ2) is 9.29. The Hall–Kier alpha value is -3.56. The van der Waals surface area contributed by atoms with E-state index in [-0.39, 0.29) is 29.0 Å². The fourth-order valence-electron chi connectivity index (χ4n) is 2.94. The minimum Gasteiger partial charge on any atom is -0.492 e. The van der Waals surface area contributed by atoms with Gasteiger partial charge in [0, 0.05) is 28.8 Å². The molecule has 0 atom stereocenters. The van der Waals surface area contributed by atoms with E-state index in [0.29, 0.717) is 27.9 Å². The summed E-state index contributed by atoms with van der Waals surface area (Å²) in [6.45, 7) is 0.259. The molecule has 0 radical (unpaired) electrons. The number of ether oxygens (including phenoxy) is 1. The van der Waals surface area contributed by atoms with Crippen LogP contribution in [-0.2, 0) is 4.79 Å². The summed E-state index contributed by atoms with van der Waals surface area (Å²) >= 11 is 6.66. The van der Waals surface area contributed by atoms with Crippen molar-refractivity contribution in [2.45, 2.75) is 0 Å². The van der Waals surface area contributed by atoms with Crippen LogP contribution in [0.15, 0.2) is 70.0 Å². The molecule has 2 aromatic carbocycles. The molecule has 1 fully saturated rings. The van der Waals surface area contributed by atoms with Crippen molar-refractivity contribution in [1.29, 1.82) is 0 Å². The van der Waals surface area contributed by atoms with Crippen molar-refractivity contribution in [2.75, 3.05) is 13.2 Å². The summed E-state index contributed by atoms with van der Waals surface area (Å²) in [4.78, 5) is 36.5. The quantitative estimate of drug-likeness (QED) is 0.250. The van der Waals surface area contributed by atoms with Crippen molar-refractivity contribution in [1.82, 2.24) is 4.90 Å². The van der Waals surface area contributed by atoms with Crippen LogP contribution in [0.2, 0.25) is 5.02 Å². The molecule has 1 aliphatic heterocycles. The molecule has 8 nitrogen and oxygen atoms in total. The summed E-state index contributed by atoms with van der Waals surface area (Å²) in [5.41, 5.74) is 0.636. The van der Waals surface area contributed by atoms with Crippen LogP contribution < -0.4 is 4.74 Å². The number of halogens is 1. The first-order valence-corrected chi connectivity index (χ1v) is 10.6. The van der Waals surface area contributed by atoms with Gasteiger partial charge >= 0.3 is 0 Å². The summed E-state index contributed by atoms with van der Waals surface area (Å²) in [5.74, 6) is 1.04. The molecule has 4 rings (SSSR count). The Morgan fingerprint density at radius 2 is 1.78 bits per heavy atom. The zero-order valence-corrected chi connectivity index (χ0v) is 18.0. The lowest BCUT2D eigenvalue weighted by atomic mass is 10.1. The number of imide groups is 1. The van der Waals surface area contributed by atoms with E-state index in [9.17, 15) is 19.7 Å². The third-order valence-electron chi connectivity index (χ3n) is 4.53. The molecule has 3 aromatic rings. The predicted molar refractivity (Wildman–Crippen MR) is 120 cm³/mol. The number of carbonyl (C=O) groups excluding carboxylic acids is 2. The van der Waals surface area contributed by atoms with Gasteiger partial charge in [-0.25, -0.2) is 0 Å². The zero-order valence-electron chi connectivity index (χ0n) is 16.4. The van der Waals surface area contributed by atoms with E-state index in [1.807, 2.05) is 0 Å². The minimum atomic E-state index is -0.478. The molecule has 0 spiro atoms. The number of benzene rings is 2. The van der Waals surface area contributed by atoms with Crippen LogP contribution in [0.25, 0.3) is 17.4 Å². The first kappa shape index (κ1) is 21.7. The van der Waals surface area contributed by atoms with Crippen LogP contribution in [0.4, 0.5) is 10.5 Å². The molecule has 2 amide bonds. The number of thioether (sulfide) groups is 1. The number of non-ortho nitro benzene ring substituents is 1. The lowest BCUT2D eigenvalue weighted by Gasteiger charge is -2.13. The van der Waals surface area contributed by atoms with E-state index in [0.717, 1.165) is 16.7 Å². The highest BCUT2D eigenvalue weighted by Crippen LogP contribution is 2.33. The van der Waals surface area contributed by atoms with E-state index < -0.39 is 10.8 Å². The van der Waals surface area contributed by atoms with Crippen molar-refractivity contribution in [3.63, 3.8) is 0 Å². The van der Waals surface area contributed by atoms with Crippen molar-refractivity contribution >= 4 is 46.3 Å². The van der Waals surface area contributed by atoms with Crippen LogP contribution in [0.1, 0.15) is 5.76 Å². The standard InChI is InChI=1S/C22H15ClN2O6S/c23-15-3-7-17(8-4-15)30-12-11-24-21(26)20(32-22(24)27)13-18-9-10-19(31-18)14-1-5-16(6-2-14)25(28)29/h1-10,13H,11-12H2/b20-13-. The molecule has 0 saturated carbocycles. The monoisotopic (exact) mass is 470 g/mol. The maximum Gasteiger partial charge on any atom is 0.293 e. The van der Waals surface area contributed by atoms with Crippen molar-refractivity contribution in [2.24, 2.45) is 0 Å². The Bertz CT molecular complexity index is 1200. The third-order valence-corrected chi connectivity index (χ3v) is 5.69. The Morgan fingerprint density at radius 1 is 1.06 bits per heavy atom. The summed E-state index contributed by atoms with van der Waals surface area (Å²) in [6.07, 6.45) is 1.50. The van der Waals surface area contributed by atoms with Gasteiger partial charge < -0.3 is 9.15 Å². The largest absolute Gasteiger partial charge is 0.492 e. The zero-order chi connectivity index (χ0) is 22.7. The second-order valence-corrected chi connectivity index (χ2v) is 8.07. The highest BCUT2D eigenvalue weighted by molar-refractivity contribution is 8.18. The molecule has 162 valence electrons. The molecule has 0 unspecified atom stereocenters. The molecule has 1 aliphatic rings. The van der Waals surface area contributed by atoms with E-state index >= 15 is 0 Å². The van der Waals surface area contributed by atoms with Crippen LogP contribution >= 0.6 is 23.4 Å². The molecule has 2 heterocycles. The lowest BCUT2D eigenvalue weighted by molar-refractivity contribution is -0.384. The molecule has 0 N–H and O–H groups in total. The molecular weight excluding hydrogens is 456 g/mol. The minimum absolute atomic E-state index is 0.0192. The maximum atomic E-state index is 12.6. The smallest absolute Gasteiger partial charge is 0.293 e. The molecule has 1 saturated heterocycles. The highest BCUT2D eigenvalue weighted by atomic mass is 35.5. The number of hydrogen-bond acceptors (Lipinski definition) is 7. The van der Waals surface area contributed by atoms with Crippen molar-refractivity contribution in [3.8, 4) is 17.1 Å². The SMILES string of the molecule is O=C1S/C(=C\c2ccc(-c3ccc([N+](=O)[O-])cc3)o2)C(=O)N1CCOc1ccc(Cl)cc1. The average Bonchev–Trinajstić information content (AvgIpc) is 3.35. The number of amides is 2. The summed E-state index contributed by atoms with van der Waals surface area (Å²) < 4.78 is 11.3. The fraction of sp³-hybridized carbons (Fsp3) is 0.0909. The molecule has 1 aromatic heterocycles. The first-order chi connectivity index (χ1) is 15.4. The Labute approximate surface area is 191 Å². The Kier molecular flexibility index (Phi) is 6.29. The summed E-state index contributed by atoms with van der Waals surface area (Å²) in [6, 6.07) is 16.1. The van der Waals surface area contributed by atoms with Gasteiger partial charge in [-0.1, -0.05) is 11.6 Å². The third kappa shape index (κ3) is 4.84. The van der Waals surface area contributed by atoms with Crippen LogP contribution in [0.5, 0.6) is 5.75 Å². The van der Waals surface area contributed by atoms with E-state index in [1.165, 1.54) is 18.2 Å². The molecule has 32 heavy (non-hydrogen) atoms. The van der Waals surface area contributed by atoms with Crippen LogP contribution in [0, 0.1) is 10.1 Å². The van der Waals surface area contributed by atoms with Crippen molar-refractivity contribution < 1.29 is 23.7 Å². The van der Waals surface area contributed by atoms with Gasteiger partial charge in [0.25, 0.3) is 16.8 Å². The van der Waals surface area contributed by atoms with E-state index in [2.05, 4.69) is 0 Å². The van der Waals surface area contributed by atoms with Crippen LogP contribution in [0.3, 0.4) is 0 Å². The number of nitrogens with zero attached hydrogens (tertiary/aromatic N) is 2. The van der Waals surface area contributed by atoms with Crippen LogP contribution in [-0.4, -0.2) is 34.1 Å². The number of nitro groups is 1. The molecule has 0 bridgehead atoms. The number of furan rings is 1. The van der Waals surface area contributed by atoms with Gasteiger partial charge in [0.1, 0.15) is 23.9 Å². The first-order valence-electron chi connectivity index (χ1n) is 9.39. The van der Waals surface area contributed by atoms with Gasteiger partial charge in [0.05, 0.1) is 16.4 Å². The van der Waals surface area contributed by atoms with Gasteiger partial charge in [-0.3, -0.25) is 24.6 Å². The van der Waals surface area contributed by atoms with Gasteiger partial charge in [-0.15, -0.1) is 0 Å². The van der Waals surface area contributed by atoms with E-state index in [1.54, 1.807) is 48.5 Å². The molecular formula is C22H15ClN2O6S. The number of hydrogen-bond donors (Lipinski definition) is 0. The number of rotatable bonds is 7. The number of carbonyl (C=O) groups is 2. The lowest BCUT2D eigenvalue weighted by Crippen LogP contribution is -2.32. The summed E-state index contributed by atoms with van der Waals surface area (Å²) in [7, 11) is 0.